The number of nitrogens with one attached hydrogen (secondary N) is 4. The van der Waals surface area contributed by atoms with Crippen molar-refractivity contribution in [3.05, 3.63) is 69.6 Å². The van der Waals surface area contributed by atoms with Crippen molar-refractivity contribution in [3.8, 4) is 11.1 Å². The molecule has 0 fully saturated rings. The second-order valence-corrected chi connectivity index (χ2v) is 6.92. The molecule has 6 N–H and O–H groups in total. The van der Waals surface area contributed by atoms with Gasteiger partial charge in [-0.1, -0.05) is 23.7 Å². The topological polar surface area (TPSA) is 138 Å². The predicted octanol–water partition coefficient (Wildman–Crippen LogP) is 2.71. The van der Waals surface area contributed by atoms with E-state index >= 15 is 0 Å². The van der Waals surface area contributed by atoms with E-state index in [2.05, 4.69) is 30.9 Å². The lowest BCUT2D eigenvalue weighted by molar-refractivity contribution is 0.262. The van der Waals surface area contributed by atoms with Crippen LogP contribution in [0, 0.1) is 5.82 Å². The highest BCUT2D eigenvalue weighted by Crippen LogP contribution is 2.22. The number of aromatic amines is 1. The molecule has 0 atom stereocenters. The summed E-state index contributed by atoms with van der Waals surface area (Å²) in [5.74, 6) is -0.857. The Labute approximate surface area is 182 Å². The van der Waals surface area contributed by atoms with Crippen LogP contribution in [0.2, 0.25) is 5.02 Å². The summed E-state index contributed by atoms with van der Waals surface area (Å²) in [6.07, 6.45) is 3.78. The van der Waals surface area contributed by atoms with Gasteiger partial charge in [-0.2, -0.15) is 0 Å². The van der Waals surface area contributed by atoms with Crippen molar-refractivity contribution in [1.29, 1.82) is 0 Å². The summed E-state index contributed by atoms with van der Waals surface area (Å²) in [5.41, 5.74) is 6.58. The van der Waals surface area contributed by atoms with E-state index < -0.39 is 17.4 Å². The molecule has 0 bridgehead atoms. The number of carbonyl (C=O) groups is 1. The Morgan fingerprint density at radius 2 is 2.00 bits per heavy atom. The molecule has 11 heteroatoms. The second kappa shape index (κ2) is 10.6. The van der Waals surface area contributed by atoms with Crippen LogP contribution >= 0.6 is 11.6 Å². The molecule has 3 aromatic rings. The fourth-order valence-corrected chi connectivity index (χ4v) is 2.83. The molecule has 2 heterocycles. The minimum Gasteiger partial charge on any atom is -0.330 e. The minimum atomic E-state index is -0.787. The van der Waals surface area contributed by atoms with Gasteiger partial charge in [0.15, 0.2) is 5.82 Å². The normalized spacial score (nSPS) is 10.7. The Hall–Kier alpha value is -3.34. The highest BCUT2D eigenvalue weighted by molar-refractivity contribution is 6.31. The first-order valence-corrected chi connectivity index (χ1v) is 9.83. The molecule has 2 amide bonds. The maximum atomic E-state index is 13.9. The smallest absolute Gasteiger partial charge is 0.326 e. The number of nitrogens with two attached hydrogens (primary N) is 1. The number of amides is 2. The van der Waals surface area contributed by atoms with Crippen molar-refractivity contribution < 1.29 is 9.18 Å². The number of nitrogens with zero attached hydrogens (tertiary/aromatic N) is 2. The number of H-pyrrole nitrogens is 1. The molecule has 162 valence electrons. The lowest BCUT2D eigenvalue weighted by atomic mass is 10.1. The molecule has 0 aliphatic heterocycles. The molecule has 3 rings (SSSR count). The van der Waals surface area contributed by atoms with Gasteiger partial charge in [-0.25, -0.2) is 14.2 Å². The number of rotatable bonds is 8. The fourth-order valence-electron chi connectivity index (χ4n) is 2.66. The SMILES string of the molecule is NCCCNCc1ccc(-c2cnc(NC(=O)Nc3cccc(Cl)c3F)[nH]c2=O)cn1. The number of hydrogen-bond donors (Lipinski definition) is 5. The first-order chi connectivity index (χ1) is 15.0. The summed E-state index contributed by atoms with van der Waals surface area (Å²) in [5, 5.41) is 7.74. The number of hydrogen-bond acceptors (Lipinski definition) is 6. The molecular formula is C20H21ClFN7O2. The lowest BCUT2D eigenvalue weighted by Gasteiger charge is -2.09. The Morgan fingerprint density at radius 3 is 2.71 bits per heavy atom. The lowest BCUT2D eigenvalue weighted by Crippen LogP contribution is -2.24. The van der Waals surface area contributed by atoms with Crippen molar-refractivity contribution in [3.63, 3.8) is 0 Å². The van der Waals surface area contributed by atoms with Gasteiger partial charge in [-0.3, -0.25) is 20.1 Å². The zero-order valence-electron chi connectivity index (χ0n) is 16.4. The van der Waals surface area contributed by atoms with Crippen LogP contribution in [-0.4, -0.2) is 34.1 Å². The minimum absolute atomic E-state index is 0.0950. The van der Waals surface area contributed by atoms with E-state index in [0.29, 0.717) is 24.2 Å². The largest absolute Gasteiger partial charge is 0.330 e. The van der Waals surface area contributed by atoms with E-state index in [1.54, 1.807) is 12.3 Å². The molecule has 1 aromatic carbocycles. The molecular weight excluding hydrogens is 425 g/mol. The van der Waals surface area contributed by atoms with Crippen LogP contribution in [0.5, 0.6) is 0 Å². The van der Waals surface area contributed by atoms with E-state index in [9.17, 15) is 14.0 Å². The van der Waals surface area contributed by atoms with Crippen LogP contribution in [0.3, 0.4) is 0 Å². The average molecular weight is 446 g/mol. The molecule has 0 unspecified atom stereocenters. The van der Waals surface area contributed by atoms with Crippen molar-refractivity contribution >= 4 is 29.3 Å². The van der Waals surface area contributed by atoms with Crippen LogP contribution in [0.4, 0.5) is 20.8 Å². The van der Waals surface area contributed by atoms with Gasteiger partial charge in [-0.15, -0.1) is 0 Å². The first-order valence-electron chi connectivity index (χ1n) is 9.45. The highest BCUT2D eigenvalue weighted by atomic mass is 35.5. The Bertz CT molecular complexity index is 1110. The molecule has 0 saturated carbocycles. The summed E-state index contributed by atoms with van der Waals surface area (Å²) in [7, 11) is 0. The molecule has 0 radical (unpaired) electrons. The molecule has 0 saturated heterocycles. The van der Waals surface area contributed by atoms with Crippen LogP contribution < -0.4 is 27.2 Å². The van der Waals surface area contributed by atoms with Gasteiger partial charge in [0.2, 0.25) is 5.95 Å². The summed E-state index contributed by atoms with van der Waals surface area (Å²) in [6, 6.07) is 6.99. The van der Waals surface area contributed by atoms with Crippen molar-refractivity contribution in [2.75, 3.05) is 23.7 Å². The summed E-state index contributed by atoms with van der Waals surface area (Å²) < 4.78 is 13.9. The van der Waals surface area contributed by atoms with Gasteiger partial charge in [0.05, 0.1) is 22.0 Å². The zero-order chi connectivity index (χ0) is 22.2. The Kier molecular flexibility index (Phi) is 7.65. The van der Waals surface area contributed by atoms with Crippen molar-refractivity contribution in [2.45, 2.75) is 13.0 Å². The maximum Gasteiger partial charge on any atom is 0.326 e. The number of pyridine rings is 1. The van der Waals surface area contributed by atoms with E-state index in [1.165, 1.54) is 24.4 Å². The summed E-state index contributed by atoms with van der Waals surface area (Å²) in [6.45, 7) is 2.02. The molecule has 0 aliphatic carbocycles. The molecule has 9 nitrogen and oxygen atoms in total. The van der Waals surface area contributed by atoms with E-state index in [4.69, 9.17) is 17.3 Å². The van der Waals surface area contributed by atoms with Gasteiger partial charge >= 0.3 is 6.03 Å². The third kappa shape index (κ3) is 6.07. The van der Waals surface area contributed by atoms with E-state index in [1.807, 2.05) is 6.07 Å². The number of anilines is 2. The van der Waals surface area contributed by atoms with Gasteiger partial charge in [0.1, 0.15) is 0 Å². The Balaban J connectivity index is 1.64. The van der Waals surface area contributed by atoms with Gasteiger partial charge in [-0.05, 0) is 37.7 Å². The van der Waals surface area contributed by atoms with Gasteiger partial charge in [0, 0.05) is 24.5 Å². The van der Waals surface area contributed by atoms with Gasteiger partial charge < -0.3 is 16.4 Å². The molecule has 0 aliphatic rings. The van der Waals surface area contributed by atoms with Gasteiger partial charge in [0.25, 0.3) is 5.56 Å². The van der Waals surface area contributed by atoms with E-state index in [-0.39, 0.29) is 16.7 Å². The molecule has 31 heavy (non-hydrogen) atoms. The standard InChI is InChI=1S/C20H21ClFN7O2/c21-15-3-1-4-16(17(15)22)27-20(31)29-19-26-11-14(18(30)28-19)12-5-6-13(25-9-12)10-24-8-2-7-23/h1,3-6,9,11,24H,2,7-8,10,23H2,(H3,26,27,28,29,30,31). The fraction of sp³-hybridized carbons (Fsp3) is 0.200. The highest BCUT2D eigenvalue weighted by Gasteiger charge is 2.12. The number of carbonyl (C=O) groups excluding carboxylic acids is 1. The second-order valence-electron chi connectivity index (χ2n) is 6.51. The summed E-state index contributed by atoms with van der Waals surface area (Å²) in [4.78, 5) is 35.3. The van der Waals surface area contributed by atoms with Crippen LogP contribution in [0.1, 0.15) is 12.1 Å². The third-order valence-electron chi connectivity index (χ3n) is 4.23. The van der Waals surface area contributed by atoms with Crippen molar-refractivity contribution in [2.24, 2.45) is 5.73 Å². The number of aromatic nitrogens is 3. The predicted molar refractivity (Wildman–Crippen MR) is 118 cm³/mol. The number of halogens is 2. The number of urea groups is 1. The number of benzene rings is 1. The molecule has 0 spiro atoms. The zero-order valence-corrected chi connectivity index (χ0v) is 17.2. The third-order valence-corrected chi connectivity index (χ3v) is 4.52. The summed E-state index contributed by atoms with van der Waals surface area (Å²) >= 11 is 5.68. The Morgan fingerprint density at radius 1 is 1.16 bits per heavy atom. The van der Waals surface area contributed by atoms with Crippen molar-refractivity contribution in [1.82, 2.24) is 20.3 Å². The van der Waals surface area contributed by atoms with Crippen LogP contribution in [-0.2, 0) is 6.54 Å². The van der Waals surface area contributed by atoms with Crippen LogP contribution in [0.15, 0.2) is 47.5 Å². The molecule has 2 aromatic heterocycles. The van der Waals surface area contributed by atoms with E-state index in [0.717, 1.165) is 18.7 Å². The average Bonchev–Trinajstić information content (AvgIpc) is 2.75. The maximum absolute atomic E-state index is 13.9. The quantitative estimate of drug-likeness (QED) is 0.338. The first kappa shape index (κ1) is 22.3. The monoisotopic (exact) mass is 445 g/mol. The van der Waals surface area contributed by atoms with Crippen LogP contribution in [0.25, 0.3) is 11.1 Å².